The lowest BCUT2D eigenvalue weighted by molar-refractivity contribution is 0.0624. The first-order valence-corrected chi connectivity index (χ1v) is 12.3. The van der Waals surface area contributed by atoms with Gasteiger partial charge in [-0.1, -0.05) is 13.0 Å². The van der Waals surface area contributed by atoms with Crippen molar-refractivity contribution in [3.63, 3.8) is 0 Å². The van der Waals surface area contributed by atoms with Crippen LogP contribution in [0.2, 0.25) is 0 Å². The predicted octanol–water partition coefficient (Wildman–Crippen LogP) is 5.28. The SMILES string of the molecule is CCOc1ncc(Nc2cc([C@H](CC)CC(C)(C)O)ccc2N(CC)C2CCOCC2)cn1. The van der Waals surface area contributed by atoms with Crippen molar-refractivity contribution in [3.05, 3.63) is 36.2 Å². The Morgan fingerprint density at radius 1 is 1.18 bits per heavy atom. The van der Waals surface area contributed by atoms with Crippen LogP contribution in [0.3, 0.4) is 0 Å². The Bertz CT molecular complexity index is 861. The molecule has 3 rings (SSSR count). The van der Waals surface area contributed by atoms with Crippen LogP contribution in [0.1, 0.15) is 71.8 Å². The molecule has 33 heavy (non-hydrogen) atoms. The van der Waals surface area contributed by atoms with E-state index in [1.54, 1.807) is 12.4 Å². The smallest absolute Gasteiger partial charge is 0.316 e. The summed E-state index contributed by atoms with van der Waals surface area (Å²) in [6.07, 6.45) is 7.24. The van der Waals surface area contributed by atoms with Crippen molar-refractivity contribution in [3.8, 4) is 6.01 Å². The molecule has 1 fully saturated rings. The molecule has 1 saturated heterocycles. The fourth-order valence-electron chi connectivity index (χ4n) is 4.62. The van der Waals surface area contributed by atoms with Gasteiger partial charge in [0.25, 0.3) is 0 Å². The normalized spacial score (nSPS) is 15.8. The number of aromatic nitrogens is 2. The monoisotopic (exact) mass is 456 g/mol. The summed E-state index contributed by atoms with van der Waals surface area (Å²) in [5.74, 6) is 0.273. The molecule has 182 valence electrons. The molecule has 2 aromatic rings. The van der Waals surface area contributed by atoms with E-state index >= 15 is 0 Å². The Hall–Kier alpha value is -2.38. The zero-order valence-electron chi connectivity index (χ0n) is 20.8. The van der Waals surface area contributed by atoms with Gasteiger partial charge in [0.1, 0.15) is 0 Å². The average Bonchev–Trinajstić information content (AvgIpc) is 2.80. The first-order valence-electron chi connectivity index (χ1n) is 12.3. The predicted molar refractivity (Wildman–Crippen MR) is 134 cm³/mol. The molecule has 0 bridgehead atoms. The molecule has 0 spiro atoms. The zero-order valence-corrected chi connectivity index (χ0v) is 20.8. The van der Waals surface area contributed by atoms with Crippen molar-refractivity contribution in [1.82, 2.24) is 9.97 Å². The highest BCUT2D eigenvalue weighted by atomic mass is 16.5. The van der Waals surface area contributed by atoms with Gasteiger partial charge in [0.2, 0.25) is 0 Å². The topological polar surface area (TPSA) is 79.7 Å². The third-order valence-corrected chi connectivity index (χ3v) is 6.19. The maximum Gasteiger partial charge on any atom is 0.316 e. The van der Waals surface area contributed by atoms with Gasteiger partial charge in [-0.05, 0) is 77.0 Å². The van der Waals surface area contributed by atoms with Gasteiger partial charge in [-0.3, -0.25) is 0 Å². The Morgan fingerprint density at radius 2 is 1.88 bits per heavy atom. The molecule has 1 aliphatic rings. The van der Waals surface area contributed by atoms with E-state index in [0.717, 1.165) is 50.4 Å². The Balaban J connectivity index is 1.96. The summed E-state index contributed by atoms with van der Waals surface area (Å²) >= 11 is 0. The van der Waals surface area contributed by atoms with Gasteiger partial charge in [-0.25, -0.2) is 9.97 Å². The molecule has 2 heterocycles. The van der Waals surface area contributed by atoms with Crippen LogP contribution in [0, 0.1) is 0 Å². The number of aliphatic hydroxyl groups is 1. The minimum absolute atomic E-state index is 0.273. The summed E-state index contributed by atoms with van der Waals surface area (Å²) in [5.41, 5.74) is 3.52. The maximum atomic E-state index is 10.4. The number of rotatable bonds is 11. The highest BCUT2D eigenvalue weighted by Gasteiger charge is 2.25. The first kappa shape index (κ1) is 25.2. The Kier molecular flexibility index (Phi) is 8.92. The number of nitrogens with one attached hydrogen (secondary N) is 1. The van der Waals surface area contributed by atoms with E-state index in [-0.39, 0.29) is 5.92 Å². The summed E-state index contributed by atoms with van der Waals surface area (Å²) in [6.45, 7) is 13.1. The van der Waals surface area contributed by atoms with E-state index in [1.807, 2.05) is 20.8 Å². The summed E-state index contributed by atoms with van der Waals surface area (Å²) in [5, 5.41) is 14.0. The molecule has 0 unspecified atom stereocenters. The quantitative estimate of drug-likeness (QED) is 0.476. The fraction of sp³-hybridized carbons (Fsp3) is 0.615. The van der Waals surface area contributed by atoms with Crippen molar-refractivity contribution >= 4 is 17.1 Å². The van der Waals surface area contributed by atoms with E-state index in [1.165, 1.54) is 11.3 Å². The van der Waals surface area contributed by atoms with Crippen molar-refractivity contribution in [2.24, 2.45) is 0 Å². The molecule has 1 aromatic heterocycles. The maximum absolute atomic E-state index is 10.4. The molecule has 0 radical (unpaired) electrons. The molecular weight excluding hydrogens is 416 g/mol. The van der Waals surface area contributed by atoms with Gasteiger partial charge in [0.15, 0.2) is 0 Å². The van der Waals surface area contributed by atoms with E-state index in [2.05, 4.69) is 52.2 Å². The molecule has 2 N–H and O–H groups in total. The molecule has 0 amide bonds. The van der Waals surface area contributed by atoms with Gasteiger partial charge in [-0.2, -0.15) is 0 Å². The lowest BCUT2D eigenvalue weighted by atomic mass is 9.85. The summed E-state index contributed by atoms with van der Waals surface area (Å²) < 4.78 is 11.0. The minimum Gasteiger partial charge on any atom is -0.464 e. The molecule has 7 nitrogen and oxygen atoms in total. The van der Waals surface area contributed by atoms with Crippen molar-refractivity contribution in [2.75, 3.05) is 36.6 Å². The number of ether oxygens (including phenoxy) is 2. The van der Waals surface area contributed by atoms with Crippen LogP contribution in [-0.4, -0.2) is 53.1 Å². The minimum atomic E-state index is -0.715. The van der Waals surface area contributed by atoms with Gasteiger partial charge in [0.05, 0.1) is 41.7 Å². The summed E-state index contributed by atoms with van der Waals surface area (Å²) in [6, 6.07) is 7.50. The molecule has 1 aliphatic heterocycles. The molecule has 1 atom stereocenters. The van der Waals surface area contributed by atoms with E-state index in [4.69, 9.17) is 9.47 Å². The second-order valence-corrected chi connectivity index (χ2v) is 9.34. The fourth-order valence-corrected chi connectivity index (χ4v) is 4.62. The standard InChI is InChI=1S/C26H40N4O3/c1-6-19(16-26(4,5)31)20-9-10-24(30(7-2)22-11-13-32-14-12-22)23(15-20)29-21-17-27-25(28-18-21)33-8-3/h9-10,15,17-19,22,29,31H,6-8,11-14,16H2,1-5H3/t19-/m1/s1. The van der Waals surface area contributed by atoms with Gasteiger partial charge in [-0.15, -0.1) is 0 Å². The van der Waals surface area contributed by atoms with Crippen molar-refractivity contribution in [1.29, 1.82) is 0 Å². The van der Waals surface area contributed by atoms with Crippen LogP contribution in [0.5, 0.6) is 6.01 Å². The third kappa shape index (κ3) is 7.05. The van der Waals surface area contributed by atoms with Gasteiger partial charge in [0, 0.05) is 25.8 Å². The third-order valence-electron chi connectivity index (χ3n) is 6.19. The largest absolute Gasteiger partial charge is 0.464 e. The molecule has 0 aliphatic carbocycles. The number of hydrogen-bond acceptors (Lipinski definition) is 7. The molecule has 1 aromatic carbocycles. The van der Waals surface area contributed by atoms with Crippen molar-refractivity contribution in [2.45, 2.75) is 77.9 Å². The number of benzene rings is 1. The Morgan fingerprint density at radius 3 is 2.45 bits per heavy atom. The second kappa shape index (κ2) is 11.7. The number of anilines is 3. The van der Waals surface area contributed by atoms with E-state index < -0.39 is 5.60 Å². The lowest BCUT2D eigenvalue weighted by Crippen LogP contribution is -2.39. The first-order chi connectivity index (χ1) is 15.8. The van der Waals surface area contributed by atoms with Crippen LogP contribution >= 0.6 is 0 Å². The van der Waals surface area contributed by atoms with Crippen molar-refractivity contribution < 1.29 is 14.6 Å². The average molecular weight is 457 g/mol. The van der Waals surface area contributed by atoms with Crippen LogP contribution in [-0.2, 0) is 4.74 Å². The highest BCUT2D eigenvalue weighted by molar-refractivity contribution is 5.76. The Labute approximate surface area is 198 Å². The van der Waals surface area contributed by atoms with E-state index in [0.29, 0.717) is 25.1 Å². The van der Waals surface area contributed by atoms with E-state index in [9.17, 15) is 5.11 Å². The van der Waals surface area contributed by atoms with Gasteiger partial charge < -0.3 is 24.8 Å². The molecule has 0 saturated carbocycles. The summed E-state index contributed by atoms with van der Waals surface area (Å²) in [4.78, 5) is 11.1. The van der Waals surface area contributed by atoms with Crippen LogP contribution in [0.4, 0.5) is 17.1 Å². The number of nitrogens with zero attached hydrogens (tertiary/aromatic N) is 3. The van der Waals surface area contributed by atoms with Gasteiger partial charge >= 0.3 is 6.01 Å². The lowest BCUT2D eigenvalue weighted by Gasteiger charge is -2.37. The van der Waals surface area contributed by atoms with Crippen LogP contribution < -0.4 is 15.0 Å². The summed E-state index contributed by atoms with van der Waals surface area (Å²) in [7, 11) is 0. The zero-order chi connectivity index (χ0) is 23.8. The molecule has 7 heteroatoms. The van der Waals surface area contributed by atoms with Crippen LogP contribution in [0.15, 0.2) is 30.6 Å². The number of hydrogen-bond donors (Lipinski definition) is 2. The second-order valence-electron chi connectivity index (χ2n) is 9.34. The van der Waals surface area contributed by atoms with Crippen LogP contribution in [0.25, 0.3) is 0 Å². The highest BCUT2D eigenvalue weighted by Crippen LogP contribution is 2.37. The molecular formula is C26H40N4O3.